The zero-order chi connectivity index (χ0) is 17.1. The maximum Gasteiger partial charge on any atom is 0.305 e. The molecule has 0 saturated carbocycles. The molecule has 1 atom stereocenters. The van der Waals surface area contributed by atoms with E-state index >= 15 is 0 Å². The second-order valence-corrected chi connectivity index (χ2v) is 6.34. The SMILES string of the molecule is O=C(O)C[C@@H](NC(=O)c1cccc2cc[nH]c12)c1ccc(Br)cc1. The molecule has 0 aliphatic rings. The number of aliphatic carboxylic acids is 1. The Morgan fingerprint density at radius 2 is 1.88 bits per heavy atom. The molecule has 5 nitrogen and oxygen atoms in total. The molecule has 0 bridgehead atoms. The van der Waals surface area contributed by atoms with Gasteiger partial charge < -0.3 is 15.4 Å². The molecule has 0 unspecified atom stereocenters. The number of carbonyl (C=O) groups is 2. The fourth-order valence-electron chi connectivity index (χ4n) is 2.63. The van der Waals surface area contributed by atoms with Crippen molar-refractivity contribution in [2.24, 2.45) is 0 Å². The van der Waals surface area contributed by atoms with Crippen LogP contribution >= 0.6 is 15.9 Å². The molecule has 0 aliphatic carbocycles. The van der Waals surface area contributed by atoms with Crippen molar-refractivity contribution in [2.75, 3.05) is 0 Å². The second-order valence-electron chi connectivity index (χ2n) is 5.42. The first kappa shape index (κ1) is 16.3. The minimum atomic E-state index is -0.971. The number of hydrogen-bond donors (Lipinski definition) is 3. The monoisotopic (exact) mass is 386 g/mol. The van der Waals surface area contributed by atoms with E-state index in [9.17, 15) is 9.59 Å². The Morgan fingerprint density at radius 1 is 1.12 bits per heavy atom. The number of benzene rings is 2. The third-order valence-electron chi connectivity index (χ3n) is 3.79. The Balaban J connectivity index is 1.89. The van der Waals surface area contributed by atoms with Crippen LogP contribution in [0, 0.1) is 0 Å². The number of rotatable bonds is 5. The highest BCUT2D eigenvalue weighted by Crippen LogP contribution is 2.22. The summed E-state index contributed by atoms with van der Waals surface area (Å²) >= 11 is 3.35. The van der Waals surface area contributed by atoms with Gasteiger partial charge in [0.2, 0.25) is 0 Å². The Morgan fingerprint density at radius 3 is 2.58 bits per heavy atom. The number of aromatic nitrogens is 1. The van der Waals surface area contributed by atoms with Crippen molar-refractivity contribution in [3.63, 3.8) is 0 Å². The highest BCUT2D eigenvalue weighted by Gasteiger charge is 2.20. The lowest BCUT2D eigenvalue weighted by atomic mass is 10.0. The number of halogens is 1. The third-order valence-corrected chi connectivity index (χ3v) is 4.32. The van der Waals surface area contributed by atoms with E-state index in [1.54, 1.807) is 30.5 Å². The molecule has 2 aromatic carbocycles. The third kappa shape index (κ3) is 3.49. The number of fused-ring (bicyclic) bond motifs is 1. The number of nitrogens with one attached hydrogen (secondary N) is 2. The molecule has 6 heteroatoms. The quantitative estimate of drug-likeness (QED) is 0.622. The van der Waals surface area contributed by atoms with E-state index < -0.39 is 12.0 Å². The van der Waals surface area contributed by atoms with Crippen molar-refractivity contribution >= 4 is 38.7 Å². The zero-order valence-electron chi connectivity index (χ0n) is 12.6. The number of hydrogen-bond acceptors (Lipinski definition) is 2. The Labute approximate surface area is 146 Å². The first-order valence-electron chi connectivity index (χ1n) is 7.39. The molecule has 0 aliphatic heterocycles. The van der Waals surface area contributed by atoms with E-state index in [4.69, 9.17) is 5.11 Å². The van der Waals surface area contributed by atoms with E-state index in [0.717, 1.165) is 20.9 Å². The summed E-state index contributed by atoms with van der Waals surface area (Å²) in [6.07, 6.45) is 1.58. The van der Waals surface area contributed by atoms with E-state index in [1.165, 1.54) is 0 Å². The van der Waals surface area contributed by atoms with E-state index in [-0.39, 0.29) is 12.3 Å². The summed E-state index contributed by atoms with van der Waals surface area (Å²) < 4.78 is 0.891. The average Bonchev–Trinajstić information content (AvgIpc) is 3.03. The summed E-state index contributed by atoms with van der Waals surface area (Å²) in [4.78, 5) is 26.9. The van der Waals surface area contributed by atoms with Crippen LogP contribution in [-0.2, 0) is 4.79 Å². The molecule has 24 heavy (non-hydrogen) atoms. The van der Waals surface area contributed by atoms with Crippen molar-refractivity contribution in [3.05, 3.63) is 70.3 Å². The van der Waals surface area contributed by atoms with E-state index in [2.05, 4.69) is 26.2 Å². The van der Waals surface area contributed by atoms with Crippen LogP contribution in [0.15, 0.2) is 59.2 Å². The average molecular weight is 387 g/mol. The lowest BCUT2D eigenvalue weighted by Crippen LogP contribution is -2.30. The molecule has 1 amide bonds. The Hall–Kier alpha value is -2.60. The van der Waals surface area contributed by atoms with Crippen molar-refractivity contribution in [1.82, 2.24) is 10.3 Å². The summed E-state index contributed by atoms with van der Waals surface area (Å²) in [5.74, 6) is -1.28. The van der Waals surface area contributed by atoms with Gasteiger partial charge in [0, 0.05) is 16.1 Å². The largest absolute Gasteiger partial charge is 0.481 e. The highest BCUT2D eigenvalue weighted by molar-refractivity contribution is 9.10. The van der Waals surface area contributed by atoms with Gasteiger partial charge in [0.15, 0.2) is 0 Å². The molecular formula is C18H15BrN2O3. The van der Waals surface area contributed by atoms with Crippen LogP contribution in [0.4, 0.5) is 0 Å². The molecule has 0 radical (unpaired) electrons. The minimum absolute atomic E-state index is 0.186. The number of carbonyl (C=O) groups excluding carboxylic acids is 1. The van der Waals surface area contributed by atoms with Crippen LogP contribution in [0.3, 0.4) is 0 Å². The molecule has 1 heterocycles. The summed E-state index contributed by atoms with van der Waals surface area (Å²) in [5.41, 5.74) is 1.97. The lowest BCUT2D eigenvalue weighted by Gasteiger charge is -2.18. The standard InChI is InChI=1S/C18H15BrN2O3/c19-13-6-4-11(5-7-13)15(10-16(22)23)21-18(24)14-3-1-2-12-8-9-20-17(12)14/h1-9,15,20H,10H2,(H,21,24)(H,22,23)/t15-/m1/s1. The first-order valence-corrected chi connectivity index (χ1v) is 8.18. The fraction of sp³-hybridized carbons (Fsp3) is 0.111. The minimum Gasteiger partial charge on any atom is -0.481 e. The van der Waals surface area contributed by atoms with Crippen LogP contribution in [0.5, 0.6) is 0 Å². The van der Waals surface area contributed by atoms with Crippen LogP contribution in [0.1, 0.15) is 28.4 Å². The van der Waals surface area contributed by atoms with Gasteiger partial charge in [-0.05, 0) is 29.8 Å². The van der Waals surface area contributed by atoms with Gasteiger partial charge in [-0.15, -0.1) is 0 Å². The molecule has 3 N–H and O–H groups in total. The smallest absolute Gasteiger partial charge is 0.305 e. The summed E-state index contributed by atoms with van der Waals surface area (Å²) in [6.45, 7) is 0. The molecule has 1 aromatic heterocycles. The number of carboxylic acid groups (broad SMARTS) is 1. The highest BCUT2D eigenvalue weighted by atomic mass is 79.9. The molecular weight excluding hydrogens is 372 g/mol. The van der Waals surface area contributed by atoms with Gasteiger partial charge in [-0.1, -0.05) is 40.2 Å². The Kier molecular flexibility index (Phi) is 4.66. The topological polar surface area (TPSA) is 82.2 Å². The summed E-state index contributed by atoms with van der Waals surface area (Å²) in [6, 6.07) is 13.9. The van der Waals surface area contributed by atoms with Crippen LogP contribution in [-0.4, -0.2) is 22.0 Å². The van der Waals surface area contributed by atoms with Crippen molar-refractivity contribution < 1.29 is 14.7 Å². The number of para-hydroxylation sites is 1. The molecule has 3 aromatic rings. The molecule has 0 spiro atoms. The molecule has 0 saturated heterocycles. The number of H-pyrrole nitrogens is 1. The van der Waals surface area contributed by atoms with Gasteiger partial charge in [-0.3, -0.25) is 9.59 Å². The number of aromatic amines is 1. The Bertz CT molecular complexity index is 887. The van der Waals surface area contributed by atoms with Crippen molar-refractivity contribution in [3.8, 4) is 0 Å². The summed E-state index contributed by atoms with van der Waals surface area (Å²) in [7, 11) is 0. The van der Waals surface area contributed by atoms with Gasteiger partial charge >= 0.3 is 5.97 Å². The first-order chi connectivity index (χ1) is 11.5. The number of amides is 1. The summed E-state index contributed by atoms with van der Waals surface area (Å²) in [5, 5.41) is 12.9. The van der Waals surface area contributed by atoms with Gasteiger partial charge in [0.1, 0.15) is 0 Å². The number of carboxylic acids is 1. The van der Waals surface area contributed by atoms with E-state index in [1.807, 2.05) is 24.3 Å². The van der Waals surface area contributed by atoms with Crippen molar-refractivity contribution in [1.29, 1.82) is 0 Å². The molecule has 0 fully saturated rings. The van der Waals surface area contributed by atoms with E-state index in [0.29, 0.717) is 5.56 Å². The van der Waals surface area contributed by atoms with Gasteiger partial charge in [-0.2, -0.15) is 0 Å². The maximum absolute atomic E-state index is 12.7. The predicted molar refractivity (Wildman–Crippen MR) is 94.9 cm³/mol. The predicted octanol–water partition coefficient (Wildman–Crippen LogP) is 3.88. The van der Waals surface area contributed by atoms with Gasteiger partial charge in [-0.25, -0.2) is 0 Å². The van der Waals surface area contributed by atoms with Gasteiger partial charge in [0.25, 0.3) is 5.91 Å². The van der Waals surface area contributed by atoms with Crippen molar-refractivity contribution in [2.45, 2.75) is 12.5 Å². The molecule has 122 valence electrons. The van der Waals surface area contributed by atoms with Gasteiger partial charge in [0.05, 0.1) is 23.5 Å². The maximum atomic E-state index is 12.7. The lowest BCUT2D eigenvalue weighted by molar-refractivity contribution is -0.137. The fourth-order valence-corrected chi connectivity index (χ4v) is 2.90. The molecule has 3 rings (SSSR count). The van der Waals surface area contributed by atoms with Crippen LogP contribution in [0.25, 0.3) is 10.9 Å². The second kappa shape index (κ2) is 6.88. The normalized spacial score (nSPS) is 12.0. The van der Waals surface area contributed by atoms with Crippen LogP contribution in [0.2, 0.25) is 0 Å². The zero-order valence-corrected chi connectivity index (χ0v) is 14.2. The van der Waals surface area contributed by atoms with Crippen LogP contribution < -0.4 is 5.32 Å².